The number of rotatable bonds is 3. The topological polar surface area (TPSA) is 83.9 Å². The third-order valence-electron chi connectivity index (χ3n) is 3.11. The molecule has 1 aliphatic rings. The monoisotopic (exact) mass is 359 g/mol. The summed E-state index contributed by atoms with van der Waals surface area (Å²) < 4.78 is 5.40. The van der Waals surface area contributed by atoms with Gasteiger partial charge in [-0.05, 0) is 5.56 Å². The molecule has 0 atom stereocenters. The Morgan fingerprint density at radius 2 is 2.17 bits per heavy atom. The second-order valence-electron chi connectivity index (χ2n) is 4.72. The molecule has 3 rings (SSSR count). The van der Waals surface area contributed by atoms with Crippen LogP contribution in [0.4, 0.5) is 0 Å². The van der Waals surface area contributed by atoms with Gasteiger partial charge in [-0.3, -0.25) is 4.79 Å². The molecule has 1 N–H and O–H groups in total. The van der Waals surface area contributed by atoms with Crippen molar-refractivity contribution in [2.24, 2.45) is 9.98 Å². The highest BCUT2D eigenvalue weighted by molar-refractivity contribution is 8.14. The third-order valence-corrected chi connectivity index (χ3v) is 5.18. The third kappa shape index (κ3) is 3.72. The maximum Gasteiger partial charge on any atom is 0.332 e. The number of H-pyrrole nitrogens is 1. The van der Waals surface area contributed by atoms with E-state index >= 15 is 0 Å². The summed E-state index contributed by atoms with van der Waals surface area (Å²) in [7, 11) is 1.27. The molecule has 0 spiro atoms. The molecule has 2 aromatic rings. The molecule has 0 unspecified atom stereocenters. The van der Waals surface area contributed by atoms with Gasteiger partial charge in [0.1, 0.15) is 26.3 Å². The van der Waals surface area contributed by atoms with Crippen LogP contribution >= 0.6 is 23.1 Å². The van der Waals surface area contributed by atoms with Gasteiger partial charge in [-0.25, -0.2) is 14.8 Å². The van der Waals surface area contributed by atoms with Gasteiger partial charge < -0.3 is 9.72 Å². The second kappa shape index (κ2) is 7.41. The molecule has 0 bridgehead atoms. The number of nitrogens with zero attached hydrogens (tertiary/aromatic N) is 2. The van der Waals surface area contributed by atoms with Crippen LogP contribution in [-0.4, -0.2) is 29.4 Å². The molecule has 8 heteroatoms. The summed E-state index contributed by atoms with van der Waals surface area (Å²) in [5, 5.41) is 0.737. The van der Waals surface area contributed by atoms with E-state index in [1.54, 1.807) is 11.8 Å². The number of methoxy groups -OCH3 is 1. The van der Waals surface area contributed by atoms with Crippen molar-refractivity contribution in [3.8, 4) is 0 Å². The Kier molecular flexibility index (Phi) is 5.07. The highest BCUT2D eigenvalue weighted by Gasteiger charge is 2.14. The first-order chi connectivity index (χ1) is 11.7. The molecule has 24 heavy (non-hydrogen) atoms. The van der Waals surface area contributed by atoms with Crippen molar-refractivity contribution in [1.29, 1.82) is 0 Å². The maximum absolute atomic E-state index is 11.9. The van der Waals surface area contributed by atoms with Gasteiger partial charge in [-0.2, -0.15) is 0 Å². The predicted molar refractivity (Wildman–Crippen MR) is 97.7 cm³/mol. The van der Waals surface area contributed by atoms with Gasteiger partial charge in [0.15, 0.2) is 0 Å². The van der Waals surface area contributed by atoms with E-state index in [4.69, 9.17) is 0 Å². The van der Waals surface area contributed by atoms with Crippen LogP contribution < -0.4 is 14.8 Å². The number of aliphatic imine (C=N–C) groups is 2. The number of esters is 1. The van der Waals surface area contributed by atoms with Crippen molar-refractivity contribution in [2.75, 3.05) is 7.11 Å². The molecule has 1 aromatic carbocycles. The summed E-state index contributed by atoms with van der Waals surface area (Å²) in [5.41, 5.74) is 1.45. The highest BCUT2D eigenvalue weighted by atomic mass is 32.2. The number of carbonyl (C=O) groups is 1. The normalized spacial score (nSPS) is 16.4. The standard InChI is InChI=1S/C16H13N3O3S2/c1-22-12(20)7-11-14(21)19-16(24-11)13-15(18-9-17-13)23-8-10-5-3-2-4-6-10/h2-7,9H,8H2,1H3,(H,19,21)/b11-7+,16-13-. The van der Waals surface area contributed by atoms with Crippen LogP contribution in [0, 0.1) is 0 Å². The van der Waals surface area contributed by atoms with Crippen LogP contribution in [0.2, 0.25) is 0 Å². The molecule has 6 nitrogen and oxygen atoms in total. The molecule has 0 saturated carbocycles. The minimum Gasteiger partial charge on any atom is -0.466 e. The number of ether oxygens (including phenoxy) is 1. The number of hydrogen-bond donors (Lipinski definition) is 1. The van der Waals surface area contributed by atoms with Crippen molar-refractivity contribution >= 4 is 52.2 Å². The lowest BCUT2D eigenvalue weighted by atomic mass is 10.2. The highest BCUT2D eigenvalue weighted by Crippen LogP contribution is 2.21. The lowest BCUT2D eigenvalue weighted by molar-refractivity contribution is -0.133. The number of aromatic amines is 1. The van der Waals surface area contributed by atoms with Gasteiger partial charge in [-0.1, -0.05) is 42.1 Å². The van der Waals surface area contributed by atoms with Gasteiger partial charge in [0, 0.05) is 11.8 Å². The molecule has 0 amide bonds. The Morgan fingerprint density at radius 1 is 1.38 bits per heavy atom. The van der Waals surface area contributed by atoms with Gasteiger partial charge in [0.25, 0.3) is 5.56 Å². The van der Waals surface area contributed by atoms with Gasteiger partial charge in [0.05, 0.1) is 7.11 Å². The Bertz CT molecular complexity index is 988. The Labute approximate surface area is 145 Å². The number of nitrogens with one attached hydrogen (secondary N) is 1. The molecule has 0 fully saturated rings. The van der Waals surface area contributed by atoms with Crippen LogP contribution in [-0.2, 0) is 15.3 Å². The summed E-state index contributed by atoms with van der Waals surface area (Å²) in [6.07, 6.45) is 2.63. The summed E-state index contributed by atoms with van der Waals surface area (Å²) in [4.78, 5) is 34.4. The minimum absolute atomic E-state index is 0.277. The first kappa shape index (κ1) is 16.4. The Balaban J connectivity index is 1.89. The number of aromatic nitrogens is 1. The van der Waals surface area contributed by atoms with Crippen molar-refractivity contribution in [2.45, 2.75) is 5.75 Å². The van der Waals surface area contributed by atoms with Gasteiger partial charge >= 0.3 is 5.97 Å². The molecule has 0 aliphatic carbocycles. The zero-order valence-electron chi connectivity index (χ0n) is 12.7. The molecule has 0 radical (unpaired) electrons. The van der Waals surface area contributed by atoms with Crippen LogP contribution in [0.15, 0.2) is 45.1 Å². The van der Waals surface area contributed by atoms with E-state index in [1.165, 1.54) is 25.1 Å². The van der Waals surface area contributed by atoms with Crippen LogP contribution in [0.5, 0.6) is 0 Å². The van der Waals surface area contributed by atoms with Gasteiger partial charge in [-0.15, -0.1) is 11.3 Å². The smallest absolute Gasteiger partial charge is 0.332 e. The van der Waals surface area contributed by atoms with Crippen LogP contribution in [0.1, 0.15) is 5.56 Å². The number of carbonyl (C=O) groups excluding carboxylic acids is 1. The summed E-state index contributed by atoms with van der Waals surface area (Å²) in [6, 6.07) is 10.0. The summed E-state index contributed by atoms with van der Waals surface area (Å²) in [5.74, 6) is 0.185. The van der Waals surface area contributed by atoms with E-state index in [9.17, 15) is 9.59 Å². The maximum atomic E-state index is 11.9. The van der Waals surface area contributed by atoms with Crippen molar-refractivity contribution < 1.29 is 9.53 Å². The zero-order chi connectivity index (χ0) is 16.9. The molecule has 1 aliphatic heterocycles. The number of thioether (sulfide) groups is 1. The second-order valence-corrected chi connectivity index (χ2v) is 6.74. The molecular formula is C16H13N3O3S2. The predicted octanol–water partition coefficient (Wildman–Crippen LogP) is 0.872. The average Bonchev–Trinajstić information content (AvgIpc) is 3.20. The molecule has 122 valence electrons. The van der Waals surface area contributed by atoms with E-state index in [-0.39, 0.29) is 10.1 Å². The largest absolute Gasteiger partial charge is 0.466 e. The minimum atomic E-state index is -0.568. The first-order valence-corrected chi connectivity index (χ1v) is 8.78. The van der Waals surface area contributed by atoms with Crippen LogP contribution in [0.3, 0.4) is 0 Å². The van der Waals surface area contributed by atoms with E-state index in [1.807, 2.05) is 30.3 Å². The molecule has 0 saturated heterocycles. The fourth-order valence-corrected chi connectivity index (χ4v) is 3.84. The number of thiazole rings is 1. The SMILES string of the molecule is COC(=O)/C=c1/s/c(=C2\N=CN=C2SCc2ccccc2)[nH]c1=O. The summed E-state index contributed by atoms with van der Waals surface area (Å²) in [6.45, 7) is 0. The molecule has 2 heterocycles. The quantitative estimate of drug-likeness (QED) is 0.825. The van der Waals surface area contributed by atoms with E-state index in [0.29, 0.717) is 10.4 Å². The van der Waals surface area contributed by atoms with E-state index in [0.717, 1.165) is 22.1 Å². The van der Waals surface area contributed by atoms with Crippen molar-refractivity contribution in [3.05, 3.63) is 55.4 Å². The Hall–Kier alpha value is -2.45. The van der Waals surface area contributed by atoms with Gasteiger partial charge in [0.2, 0.25) is 0 Å². The zero-order valence-corrected chi connectivity index (χ0v) is 14.3. The lowest BCUT2D eigenvalue weighted by Crippen LogP contribution is -2.21. The van der Waals surface area contributed by atoms with E-state index < -0.39 is 5.97 Å². The number of benzene rings is 1. The molecule has 1 aromatic heterocycles. The lowest BCUT2D eigenvalue weighted by Gasteiger charge is -2.01. The fourth-order valence-electron chi connectivity index (χ4n) is 1.96. The van der Waals surface area contributed by atoms with E-state index in [2.05, 4.69) is 19.7 Å². The van der Waals surface area contributed by atoms with Crippen molar-refractivity contribution in [3.63, 3.8) is 0 Å². The van der Waals surface area contributed by atoms with Crippen molar-refractivity contribution in [1.82, 2.24) is 4.98 Å². The Morgan fingerprint density at radius 3 is 2.92 bits per heavy atom. The fraction of sp³-hybridized carbons (Fsp3) is 0.125. The first-order valence-electron chi connectivity index (χ1n) is 6.98. The van der Waals surface area contributed by atoms with Crippen LogP contribution in [0.25, 0.3) is 11.8 Å². The number of hydrogen-bond acceptors (Lipinski definition) is 7. The molecular weight excluding hydrogens is 346 g/mol. The summed E-state index contributed by atoms with van der Waals surface area (Å²) >= 11 is 2.70. The average molecular weight is 359 g/mol.